The number of amides is 4. The number of hydrogen-bond acceptors (Lipinski definition) is 5. The van der Waals surface area contributed by atoms with Gasteiger partial charge in [0.1, 0.15) is 17.8 Å². The van der Waals surface area contributed by atoms with Crippen molar-refractivity contribution in [1.29, 1.82) is 0 Å². The summed E-state index contributed by atoms with van der Waals surface area (Å²) in [6, 6.07) is 14.2. The number of benzene rings is 2. The summed E-state index contributed by atoms with van der Waals surface area (Å²) >= 11 is 0. The summed E-state index contributed by atoms with van der Waals surface area (Å²) in [4.78, 5) is 41.1. The van der Waals surface area contributed by atoms with E-state index in [0.29, 0.717) is 24.3 Å². The van der Waals surface area contributed by atoms with E-state index in [-0.39, 0.29) is 6.54 Å². The summed E-state index contributed by atoms with van der Waals surface area (Å²) in [6.45, 7) is 1.80. The topological polar surface area (TPSA) is 91.0 Å². The van der Waals surface area contributed by atoms with E-state index < -0.39 is 23.4 Å². The summed E-state index contributed by atoms with van der Waals surface area (Å²) in [5.74, 6) is -0.181. The Labute approximate surface area is 182 Å². The van der Waals surface area contributed by atoms with Crippen LogP contribution in [-0.2, 0) is 21.7 Å². The molecule has 31 heavy (non-hydrogen) atoms. The van der Waals surface area contributed by atoms with Gasteiger partial charge in [-0.15, -0.1) is 0 Å². The molecule has 0 aliphatic carbocycles. The van der Waals surface area contributed by atoms with E-state index >= 15 is 0 Å². The fourth-order valence-corrected chi connectivity index (χ4v) is 3.60. The molecule has 1 saturated heterocycles. The number of imide groups is 1. The van der Waals surface area contributed by atoms with E-state index in [0.717, 1.165) is 16.2 Å². The van der Waals surface area contributed by atoms with Crippen LogP contribution in [0.2, 0.25) is 0 Å². The number of methoxy groups -OCH3 is 1. The van der Waals surface area contributed by atoms with E-state index in [9.17, 15) is 14.4 Å². The maximum atomic E-state index is 13.2. The van der Waals surface area contributed by atoms with Crippen LogP contribution in [0.1, 0.15) is 24.5 Å². The Kier molecular flexibility index (Phi) is 6.48. The van der Waals surface area contributed by atoms with Crippen molar-refractivity contribution in [2.24, 2.45) is 0 Å². The first kappa shape index (κ1) is 22.1. The second kappa shape index (κ2) is 9.07. The van der Waals surface area contributed by atoms with Gasteiger partial charge in [0.25, 0.3) is 5.91 Å². The highest BCUT2D eigenvalue weighted by molar-refractivity contribution is 6.09. The van der Waals surface area contributed by atoms with Crippen LogP contribution >= 0.6 is 0 Å². The molecule has 0 bridgehead atoms. The number of nitrogens with zero attached hydrogens (tertiary/aromatic N) is 2. The molecule has 4 amide bonds. The minimum absolute atomic E-state index is 0.313. The van der Waals surface area contributed by atoms with Crippen molar-refractivity contribution in [2.45, 2.75) is 25.4 Å². The highest BCUT2D eigenvalue weighted by atomic mass is 16.5. The Hall–Kier alpha value is -3.55. The molecule has 0 aromatic heterocycles. The molecule has 0 radical (unpaired) electrons. The summed E-state index contributed by atoms with van der Waals surface area (Å²) < 4.78 is 5.16. The van der Waals surface area contributed by atoms with Crippen LogP contribution in [0.25, 0.3) is 0 Å². The van der Waals surface area contributed by atoms with E-state index in [1.165, 1.54) is 0 Å². The highest BCUT2D eigenvalue weighted by Crippen LogP contribution is 2.33. The number of rotatable bonds is 8. The number of nitrogens with one attached hydrogen (secondary N) is 2. The number of anilines is 1. The Bertz CT molecular complexity index is 957. The fraction of sp³-hybridized carbons (Fsp3) is 0.348. The van der Waals surface area contributed by atoms with Crippen molar-refractivity contribution >= 4 is 23.5 Å². The Balaban J connectivity index is 1.66. The quantitative estimate of drug-likeness (QED) is 0.634. The number of carbonyl (C=O) groups excluding carboxylic acids is 3. The van der Waals surface area contributed by atoms with E-state index in [1.807, 2.05) is 50.2 Å². The van der Waals surface area contributed by atoms with Gasteiger partial charge >= 0.3 is 6.03 Å². The molecule has 0 saturated carbocycles. The number of urea groups is 1. The minimum atomic E-state index is -1.19. The maximum Gasteiger partial charge on any atom is 0.325 e. The summed E-state index contributed by atoms with van der Waals surface area (Å²) in [5.41, 5.74) is 1.45. The van der Waals surface area contributed by atoms with Gasteiger partial charge in [-0.2, -0.15) is 0 Å². The molecule has 1 aliphatic heterocycles. The average Bonchev–Trinajstić information content (AvgIpc) is 3.03. The van der Waals surface area contributed by atoms with E-state index in [4.69, 9.17) is 4.74 Å². The lowest BCUT2D eigenvalue weighted by Gasteiger charge is -2.26. The molecular formula is C23H28N4O4. The van der Waals surface area contributed by atoms with Crippen molar-refractivity contribution in [3.05, 3.63) is 59.7 Å². The monoisotopic (exact) mass is 424 g/mol. The maximum absolute atomic E-state index is 13.2. The zero-order valence-electron chi connectivity index (χ0n) is 18.3. The van der Waals surface area contributed by atoms with Crippen LogP contribution in [0, 0.1) is 0 Å². The molecule has 3 rings (SSSR count). The standard InChI is InChI=1S/C23H28N4O4/c1-5-23(17-8-12-19(31-4)13-9-17)21(29)27(22(30)25-23)15-20(28)24-14-16-6-10-18(11-7-16)26(2)3/h6-13H,5,14-15H2,1-4H3,(H,24,28)(H,25,30)/t23-/m0/s1. The van der Waals surface area contributed by atoms with E-state index in [1.54, 1.807) is 31.4 Å². The zero-order chi connectivity index (χ0) is 22.6. The molecule has 0 unspecified atom stereocenters. The van der Waals surface area contributed by atoms with Gasteiger partial charge in [0.2, 0.25) is 5.91 Å². The lowest BCUT2D eigenvalue weighted by molar-refractivity contribution is -0.135. The average molecular weight is 425 g/mol. The van der Waals surface area contributed by atoms with Gasteiger partial charge in [-0.05, 0) is 41.8 Å². The van der Waals surface area contributed by atoms with Crippen LogP contribution in [0.5, 0.6) is 5.75 Å². The largest absolute Gasteiger partial charge is 0.497 e. The first-order valence-electron chi connectivity index (χ1n) is 10.1. The third-order valence-corrected chi connectivity index (χ3v) is 5.53. The van der Waals surface area contributed by atoms with Crippen LogP contribution in [0.3, 0.4) is 0 Å². The molecule has 1 heterocycles. The Morgan fingerprint density at radius 1 is 1.10 bits per heavy atom. The van der Waals surface area contributed by atoms with E-state index in [2.05, 4.69) is 10.6 Å². The van der Waals surface area contributed by atoms with Crippen LogP contribution in [-0.4, -0.2) is 50.5 Å². The Morgan fingerprint density at radius 3 is 2.29 bits per heavy atom. The fourth-order valence-electron chi connectivity index (χ4n) is 3.60. The number of hydrogen-bond donors (Lipinski definition) is 2. The molecule has 0 spiro atoms. The molecule has 1 fully saturated rings. The van der Waals surface area contributed by atoms with Gasteiger partial charge in [0, 0.05) is 26.3 Å². The molecule has 8 nitrogen and oxygen atoms in total. The Morgan fingerprint density at radius 2 is 1.74 bits per heavy atom. The number of carbonyl (C=O) groups is 3. The zero-order valence-corrected chi connectivity index (χ0v) is 18.3. The lowest BCUT2D eigenvalue weighted by Crippen LogP contribution is -2.44. The van der Waals surface area contributed by atoms with Crippen molar-refractivity contribution in [2.75, 3.05) is 32.6 Å². The third-order valence-electron chi connectivity index (χ3n) is 5.53. The first-order chi connectivity index (χ1) is 14.8. The molecule has 2 aromatic rings. The minimum Gasteiger partial charge on any atom is -0.497 e. The SMILES string of the molecule is CC[C@@]1(c2ccc(OC)cc2)NC(=O)N(CC(=O)NCc2ccc(N(C)C)cc2)C1=O. The normalized spacial score (nSPS) is 18.0. The van der Waals surface area contributed by atoms with Gasteiger partial charge in [-0.3, -0.25) is 14.5 Å². The first-order valence-corrected chi connectivity index (χ1v) is 10.1. The predicted molar refractivity (Wildman–Crippen MR) is 118 cm³/mol. The smallest absolute Gasteiger partial charge is 0.325 e. The number of ether oxygens (including phenoxy) is 1. The molecule has 164 valence electrons. The predicted octanol–water partition coefficient (Wildman–Crippen LogP) is 2.23. The van der Waals surface area contributed by atoms with Crippen molar-refractivity contribution in [3.63, 3.8) is 0 Å². The molecule has 2 N–H and O–H groups in total. The molecule has 1 atom stereocenters. The third kappa shape index (κ3) is 4.47. The van der Waals surface area contributed by atoms with Gasteiger partial charge in [0.15, 0.2) is 0 Å². The van der Waals surface area contributed by atoms with Crippen LogP contribution in [0.4, 0.5) is 10.5 Å². The van der Waals surface area contributed by atoms with Gasteiger partial charge in [-0.1, -0.05) is 31.2 Å². The van der Waals surface area contributed by atoms with Crippen LogP contribution < -0.4 is 20.3 Å². The van der Waals surface area contributed by atoms with Gasteiger partial charge in [-0.25, -0.2) is 4.79 Å². The molecule has 1 aliphatic rings. The molecular weight excluding hydrogens is 396 g/mol. The van der Waals surface area contributed by atoms with Crippen molar-refractivity contribution < 1.29 is 19.1 Å². The highest BCUT2D eigenvalue weighted by Gasteiger charge is 2.51. The van der Waals surface area contributed by atoms with Crippen LogP contribution in [0.15, 0.2) is 48.5 Å². The molecule has 8 heteroatoms. The summed E-state index contributed by atoms with van der Waals surface area (Å²) in [5, 5.41) is 5.55. The van der Waals surface area contributed by atoms with Crippen molar-refractivity contribution in [1.82, 2.24) is 15.5 Å². The van der Waals surface area contributed by atoms with Gasteiger partial charge in [0.05, 0.1) is 7.11 Å². The second-order valence-corrected chi connectivity index (χ2v) is 7.65. The van der Waals surface area contributed by atoms with Gasteiger partial charge < -0.3 is 20.3 Å². The summed E-state index contributed by atoms with van der Waals surface area (Å²) in [7, 11) is 5.47. The summed E-state index contributed by atoms with van der Waals surface area (Å²) in [6.07, 6.45) is 0.361. The molecule has 2 aromatic carbocycles. The lowest BCUT2D eigenvalue weighted by atomic mass is 9.87. The van der Waals surface area contributed by atoms with Crippen molar-refractivity contribution in [3.8, 4) is 5.75 Å². The second-order valence-electron chi connectivity index (χ2n) is 7.65.